The molecule has 0 aromatic heterocycles. The van der Waals surface area contributed by atoms with Crippen molar-refractivity contribution in [3.05, 3.63) is 51.5 Å². The SMILES string of the molecule is Oc1c(Cl)cc(Cl)cc1/C=N/NC(=S)NCc1ccc2c(c1)OCO2. The summed E-state index contributed by atoms with van der Waals surface area (Å²) in [5.74, 6) is 1.34. The van der Waals surface area contributed by atoms with E-state index in [4.69, 9.17) is 44.9 Å². The van der Waals surface area contributed by atoms with Gasteiger partial charge in [0.15, 0.2) is 16.6 Å². The molecule has 0 radical (unpaired) electrons. The molecule has 3 N–H and O–H groups in total. The number of nitrogens with zero attached hydrogens (tertiary/aromatic N) is 1. The second-order valence-electron chi connectivity index (χ2n) is 5.07. The van der Waals surface area contributed by atoms with Crippen LogP contribution >= 0.6 is 35.4 Å². The minimum absolute atomic E-state index is 0.101. The molecule has 130 valence electrons. The Morgan fingerprint density at radius 3 is 2.88 bits per heavy atom. The molecule has 1 aliphatic heterocycles. The minimum Gasteiger partial charge on any atom is -0.506 e. The van der Waals surface area contributed by atoms with Crippen molar-refractivity contribution in [1.29, 1.82) is 0 Å². The van der Waals surface area contributed by atoms with E-state index in [0.717, 1.165) is 11.3 Å². The third kappa shape index (κ3) is 4.45. The molecule has 0 saturated heterocycles. The van der Waals surface area contributed by atoms with Crippen molar-refractivity contribution in [3.63, 3.8) is 0 Å². The topological polar surface area (TPSA) is 75.1 Å². The number of ether oxygens (including phenoxy) is 2. The zero-order chi connectivity index (χ0) is 17.8. The van der Waals surface area contributed by atoms with Gasteiger partial charge >= 0.3 is 0 Å². The van der Waals surface area contributed by atoms with E-state index in [0.29, 0.717) is 28.0 Å². The molecule has 0 spiro atoms. The first-order valence-corrected chi connectivity index (χ1v) is 8.33. The Morgan fingerprint density at radius 1 is 1.24 bits per heavy atom. The van der Waals surface area contributed by atoms with Crippen LogP contribution in [-0.4, -0.2) is 23.2 Å². The van der Waals surface area contributed by atoms with Crippen LogP contribution < -0.4 is 20.2 Å². The Bertz CT molecular complexity index is 846. The van der Waals surface area contributed by atoms with Gasteiger partial charge in [-0.3, -0.25) is 5.43 Å². The number of hydrogen-bond donors (Lipinski definition) is 3. The van der Waals surface area contributed by atoms with E-state index in [1.54, 1.807) is 0 Å². The van der Waals surface area contributed by atoms with Gasteiger partial charge in [-0.15, -0.1) is 0 Å². The monoisotopic (exact) mass is 397 g/mol. The maximum Gasteiger partial charge on any atom is 0.231 e. The van der Waals surface area contributed by atoms with Gasteiger partial charge in [0.05, 0.1) is 11.2 Å². The van der Waals surface area contributed by atoms with Crippen LogP contribution in [0.1, 0.15) is 11.1 Å². The first-order chi connectivity index (χ1) is 12.0. The average Bonchev–Trinajstić information content (AvgIpc) is 3.05. The number of hydrogen-bond acceptors (Lipinski definition) is 5. The van der Waals surface area contributed by atoms with E-state index >= 15 is 0 Å². The number of phenols is 1. The highest BCUT2D eigenvalue weighted by atomic mass is 35.5. The molecule has 0 bridgehead atoms. The van der Waals surface area contributed by atoms with Gasteiger partial charge in [-0.25, -0.2) is 0 Å². The van der Waals surface area contributed by atoms with Crippen LogP contribution in [0.3, 0.4) is 0 Å². The Labute approximate surface area is 159 Å². The molecule has 0 saturated carbocycles. The lowest BCUT2D eigenvalue weighted by molar-refractivity contribution is 0.174. The van der Waals surface area contributed by atoms with Gasteiger partial charge < -0.3 is 19.9 Å². The summed E-state index contributed by atoms with van der Waals surface area (Å²) in [5.41, 5.74) is 4.02. The number of hydrazone groups is 1. The van der Waals surface area contributed by atoms with Crippen LogP contribution in [0.4, 0.5) is 0 Å². The number of thiocarbonyl (C=S) groups is 1. The zero-order valence-electron chi connectivity index (χ0n) is 12.8. The maximum absolute atomic E-state index is 9.84. The van der Waals surface area contributed by atoms with Gasteiger partial charge in [-0.05, 0) is 42.0 Å². The third-order valence-corrected chi connectivity index (χ3v) is 4.06. The molecule has 0 fully saturated rings. The van der Waals surface area contributed by atoms with Gasteiger partial charge in [0, 0.05) is 17.1 Å². The number of phenolic OH excluding ortho intramolecular Hbond substituents is 1. The Kier molecular flexibility index (Phi) is 5.47. The second kappa shape index (κ2) is 7.77. The van der Waals surface area contributed by atoms with Crippen molar-refractivity contribution in [1.82, 2.24) is 10.7 Å². The lowest BCUT2D eigenvalue weighted by Crippen LogP contribution is -2.31. The fourth-order valence-electron chi connectivity index (χ4n) is 2.12. The Balaban J connectivity index is 1.53. The molecular weight excluding hydrogens is 385 g/mol. The van der Waals surface area contributed by atoms with Crippen molar-refractivity contribution in [2.45, 2.75) is 6.54 Å². The molecule has 9 heteroatoms. The van der Waals surface area contributed by atoms with Crippen molar-refractivity contribution in [2.75, 3.05) is 6.79 Å². The maximum atomic E-state index is 9.84. The highest BCUT2D eigenvalue weighted by molar-refractivity contribution is 7.80. The molecule has 0 amide bonds. The summed E-state index contributed by atoms with van der Waals surface area (Å²) in [6.45, 7) is 0.730. The average molecular weight is 398 g/mol. The summed E-state index contributed by atoms with van der Waals surface area (Å²) in [5, 5.41) is 17.7. The van der Waals surface area contributed by atoms with Crippen LogP contribution in [-0.2, 0) is 6.54 Å². The Morgan fingerprint density at radius 2 is 2.04 bits per heavy atom. The van der Waals surface area contributed by atoms with Crippen molar-refractivity contribution in [2.24, 2.45) is 5.10 Å². The molecule has 6 nitrogen and oxygen atoms in total. The minimum atomic E-state index is -0.101. The molecular formula is C16H13Cl2N3O3S. The number of fused-ring (bicyclic) bond motifs is 1. The van der Waals surface area contributed by atoms with Crippen LogP contribution in [0.2, 0.25) is 10.0 Å². The van der Waals surface area contributed by atoms with E-state index < -0.39 is 0 Å². The zero-order valence-corrected chi connectivity index (χ0v) is 15.1. The van der Waals surface area contributed by atoms with Gasteiger partial charge in [-0.1, -0.05) is 29.3 Å². The summed E-state index contributed by atoms with van der Waals surface area (Å²) >= 11 is 16.9. The fourth-order valence-corrected chi connectivity index (χ4v) is 2.75. The lowest BCUT2D eigenvalue weighted by Gasteiger charge is -2.08. The number of aromatic hydroxyl groups is 1. The van der Waals surface area contributed by atoms with Crippen LogP contribution in [0.25, 0.3) is 0 Å². The van der Waals surface area contributed by atoms with Crippen LogP contribution in [0.15, 0.2) is 35.4 Å². The van der Waals surface area contributed by atoms with E-state index in [1.807, 2.05) is 18.2 Å². The van der Waals surface area contributed by atoms with E-state index in [9.17, 15) is 5.11 Å². The van der Waals surface area contributed by atoms with Crippen molar-refractivity contribution < 1.29 is 14.6 Å². The third-order valence-electron chi connectivity index (χ3n) is 3.32. The molecule has 2 aromatic rings. The summed E-state index contributed by atoms with van der Waals surface area (Å²) in [4.78, 5) is 0. The molecule has 0 unspecified atom stereocenters. The quantitative estimate of drug-likeness (QED) is 0.416. The van der Waals surface area contributed by atoms with Crippen molar-refractivity contribution >= 4 is 46.7 Å². The first-order valence-electron chi connectivity index (χ1n) is 7.16. The molecule has 3 rings (SSSR count). The number of rotatable bonds is 4. The normalized spacial score (nSPS) is 12.4. The molecule has 2 aromatic carbocycles. The lowest BCUT2D eigenvalue weighted by atomic mass is 10.2. The molecule has 25 heavy (non-hydrogen) atoms. The summed E-state index contributed by atoms with van der Waals surface area (Å²) in [6, 6.07) is 8.63. The van der Waals surface area contributed by atoms with Crippen LogP contribution in [0, 0.1) is 0 Å². The van der Waals surface area contributed by atoms with E-state index in [2.05, 4.69) is 15.8 Å². The van der Waals surface area contributed by atoms with E-state index in [1.165, 1.54) is 18.3 Å². The van der Waals surface area contributed by atoms with Crippen LogP contribution in [0.5, 0.6) is 17.2 Å². The molecule has 1 heterocycles. The number of nitrogens with one attached hydrogen (secondary N) is 2. The molecule has 1 aliphatic rings. The largest absolute Gasteiger partial charge is 0.506 e. The number of benzene rings is 2. The smallest absolute Gasteiger partial charge is 0.231 e. The standard InChI is InChI=1S/C16H13Cl2N3O3S/c17-11-4-10(15(22)12(18)5-11)7-20-21-16(25)19-6-9-1-2-13-14(3-9)24-8-23-13/h1-5,7,22H,6,8H2,(H2,19,21,25)/b20-7+. The summed E-state index contributed by atoms with van der Waals surface area (Å²) in [7, 11) is 0. The Hall–Kier alpha value is -2.22. The predicted octanol–water partition coefficient (Wildman–Crippen LogP) is 3.43. The second-order valence-corrected chi connectivity index (χ2v) is 6.32. The highest BCUT2D eigenvalue weighted by Gasteiger charge is 2.13. The summed E-state index contributed by atoms with van der Waals surface area (Å²) in [6.07, 6.45) is 1.38. The fraction of sp³-hybridized carbons (Fsp3) is 0.125. The van der Waals surface area contributed by atoms with Gasteiger partial charge in [0.25, 0.3) is 0 Å². The van der Waals surface area contributed by atoms with E-state index in [-0.39, 0.29) is 17.6 Å². The number of halogens is 2. The first kappa shape index (κ1) is 17.6. The molecule has 0 atom stereocenters. The van der Waals surface area contributed by atoms with Gasteiger partial charge in [0.1, 0.15) is 5.75 Å². The predicted molar refractivity (Wildman–Crippen MR) is 101 cm³/mol. The van der Waals surface area contributed by atoms with Gasteiger partial charge in [0.2, 0.25) is 6.79 Å². The van der Waals surface area contributed by atoms with Gasteiger partial charge in [-0.2, -0.15) is 5.10 Å². The van der Waals surface area contributed by atoms with Crippen molar-refractivity contribution in [3.8, 4) is 17.2 Å². The highest BCUT2D eigenvalue weighted by Crippen LogP contribution is 2.32. The summed E-state index contributed by atoms with van der Waals surface area (Å²) < 4.78 is 10.6. The molecule has 0 aliphatic carbocycles.